The average molecular weight is 269 g/mol. The van der Waals surface area contributed by atoms with Gasteiger partial charge in [0.25, 0.3) is 0 Å². The first kappa shape index (κ1) is 13.6. The maximum absolute atomic E-state index is 9.14. The minimum atomic E-state index is 0.310. The Balaban J connectivity index is 1.74. The molecule has 2 aromatic carbocycles. The third kappa shape index (κ3) is 2.72. The van der Waals surface area contributed by atoms with Crippen LogP contribution in [-0.4, -0.2) is 18.3 Å². The number of aliphatic hydroxyl groups excluding tert-OH is 1. The fourth-order valence-corrected chi connectivity index (χ4v) is 3.04. The normalized spacial score (nSPS) is 18.1. The van der Waals surface area contributed by atoms with Gasteiger partial charge in [0.2, 0.25) is 0 Å². The summed E-state index contributed by atoms with van der Waals surface area (Å²) >= 11 is 0. The van der Waals surface area contributed by atoms with Crippen molar-refractivity contribution in [3.63, 3.8) is 0 Å². The first-order chi connectivity index (χ1) is 9.74. The van der Waals surface area contributed by atoms with Gasteiger partial charge in [0, 0.05) is 19.2 Å². The molecular weight excluding hydrogens is 246 g/mol. The van der Waals surface area contributed by atoms with E-state index in [1.165, 1.54) is 29.2 Å². The molecule has 2 aromatic rings. The van der Waals surface area contributed by atoms with Crippen LogP contribution in [0.3, 0.4) is 0 Å². The van der Waals surface area contributed by atoms with Crippen LogP contribution in [0.1, 0.15) is 37.8 Å². The van der Waals surface area contributed by atoms with E-state index in [9.17, 15) is 0 Å². The Labute approximate surface area is 120 Å². The predicted octanol–water partition coefficient (Wildman–Crippen LogP) is 3.65. The quantitative estimate of drug-likeness (QED) is 0.839. The number of nitrogens with one attached hydrogen (secondary N) is 1. The van der Waals surface area contributed by atoms with Crippen LogP contribution in [0.15, 0.2) is 42.5 Å². The summed E-state index contributed by atoms with van der Waals surface area (Å²) in [6, 6.07) is 15.4. The van der Waals surface area contributed by atoms with Gasteiger partial charge in [0.05, 0.1) is 0 Å². The Kier molecular flexibility index (Phi) is 3.77. The molecule has 1 unspecified atom stereocenters. The summed E-state index contributed by atoms with van der Waals surface area (Å²) in [5, 5.41) is 15.4. The second kappa shape index (κ2) is 5.55. The summed E-state index contributed by atoms with van der Waals surface area (Å²) in [7, 11) is 0. The van der Waals surface area contributed by atoms with Crippen molar-refractivity contribution in [1.82, 2.24) is 5.32 Å². The summed E-state index contributed by atoms with van der Waals surface area (Å²) in [5.41, 5.74) is 1.73. The van der Waals surface area contributed by atoms with Gasteiger partial charge < -0.3 is 10.4 Å². The van der Waals surface area contributed by atoms with E-state index in [0.717, 1.165) is 13.0 Å². The van der Waals surface area contributed by atoms with Crippen LogP contribution in [-0.2, 0) is 0 Å². The van der Waals surface area contributed by atoms with E-state index in [4.69, 9.17) is 5.11 Å². The van der Waals surface area contributed by atoms with Gasteiger partial charge in [0.1, 0.15) is 0 Å². The van der Waals surface area contributed by atoms with Crippen molar-refractivity contribution >= 4 is 10.8 Å². The third-order valence-electron chi connectivity index (χ3n) is 4.67. The topological polar surface area (TPSA) is 32.3 Å². The number of benzene rings is 2. The van der Waals surface area contributed by atoms with Gasteiger partial charge in [-0.2, -0.15) is 0 Å². The monoisotopic (exact) mass is 269 g/mol. The third-order valence-corrected chi connectivity index (χ3v) is 4.67. The summed E-state index contributed by atoms with van der Waals surface area (Å²) in [4.78, 5) is 0. The molecule has 2 N–H and O–H groups in total. The Bertz CT molecular complexity index is 583. The number of rotatable bonds is 6. The zero-order valence-electron chi connectivity index (χ0n) is 12.1. The molecule has 1 atom stereocenters. The number of hydrogen-bond donors (Lipinski definition) is 2. The molecule has 3 rings (SSSR count). The Hall–Kier alpha value is -1.38. The van der Waals surface area contributed by atoms with Crippen LogP contribution in [0.2, 0.25) is 0 Å². The van der Waals surface area contributed by atoms with E-state index in [1.807, 2.05) is 0 Å². The highest BCUT2D eigenvalue weighted by Crippen LogP contribution is 2.48. The van der Waals surface area contributed by atoms with Gasteiger partial charge >= 0.3 is 0 Å². The second-order valence-electron chi connectivity index (χ2n) is 6.14. The van der Waals surface area contributed by atoms with Gasteiger partial charge in [-0.25, -0.2) is 0 Å². The van der Waals surface area contributed by atoms with E-state index >= 15 is 0 Å². The molecule has 0 bridgehead atoms. The molecule has 1 fully saturated rings. The molecule has 0 aliphatic heterocycles. The smallest absolute Gasteiger partial charge is 0.0436 e. The minimum Gasteiger partial charge on any atom is -0.396 e. The molecule has 1 saturated carbocycles. The highest BCUT2D eigenvalue weighted by atomic mass is 16.3. The van der Waals surface area contributed by atoms with Crippen molar-refractivity contribution in [3.8, 4) is 0 Å². The standard InChI is InChI=1S/C18H23NO/c1-14(19-13-18(9-10-18)11-12-20)16-8-4-6-15-5-2-3-7-17(15)16/h2-8,14,19-20H,9-13H2,1H3. The number of aliphatic hydroxyl groups is 1. The largest absolute Gasteiger partial charge is 0.396 e. The first-order valence-electron chi connectivity index (χ1n) is 7.56. The van der Waals surface area contributed by atoms with E-state index in [1.54, 1.807) is 0 Å². The van der Waals surface area contributed by atoms with Crippen molar-refractivity contribution < 1.29 is 5.11 Å². The minimum absolute atomic E-state index is 0.310. The van der Waals surface area contributed by atoms with Gasteiger partial charge in [-0.3, -0.25) is 0 Å². The van der Waals surface area contributed by atoms with Crippen molar-refractivity contribution in [2.75, 3.05) is 13.2 Å². The number of hydrogen-bond acceptors (Lipinski definition) is 2. The molecule has 0 spiro atoms. The molecule has 0 radical (unpaired) electrons. The summed E-state index contributed by atoms with van der Waals surface area (Å²) in [6.45, 7) is 3.55. The highest BCUT2D eigenvalue weighted by molar-refractivity contribution is 5.86. The molecule has 0 aromatic heterocycles. The maximum atomic E-state index is 9.14. The fraction of sp³-hybridized carbons (Fsp3) is 0.444. The lowest BCUT2D eigenvalue weighted by Gasteiger charge is -2.21. The van der Waals surface area contributed by atoms with Crippen molar-refractivity contribution in [1.29, 1.82) is 0 Å². The summed E-state index contributed by atoms with van der Waals surface area (Å²) in [5.74, 6) is 0. The molecule has 0 amide bonds. The van der Waals surface area contributed by atoms with Gasteiger partial charge in [0.15, 0.2) is 0 Å². The molecule has 1 aliphatic carbocycles. The SMILES string of the molecule is CC(NCC1(CCO)CC1)c1cccc2ccccc12. The van der Waals surface area contributed by atoms with Crippen LogP contribution in [0.5, 0.6) is 0 Å². The summed E-state index contributed by atoms with van der Waals surface area (Å²) in [6.07, 6.45) is 3.44. The molecule has 1 aliphatic rings. The maximum Gasteiger partial charge on any atom is 0.0436 e. The van der Waals surface area contributed by atoms with Gasteiger partial charge in [-0.15, -0.1) is 0 Å². The number of fused-ring (bicyclic) bond motifs is 1. The van der Waals surface area contributed by atoms with E-state index < -0.39 is 0 Å². The lowest BCUT2D eigenvalue weighted by molar-refractivity contribution is 0.243. The molecule has 2 nitrogen and oxygen atoms in total. The zero-order valence-corrected chi connectivity index (χ0v) is 12.1. The zero-order chi connectivity index (χ0) is 14.0. The molecular formula is C18H23NO. The Morgan fingerprint density at radius 1 is 1.15 bits per heavy atom. The highest BCUT2D eigenvalue weighted by Gasteiger charge is 2.41. The van der Waals surface area contributed by atoms with Crippen LogP contribution in [0.4, 0.5) is 0 Å². The molecule has 0 heterocycles. The average Bonchev–Trinajstić information content (AvgIpc) is 3.25. The predicted molar refractivity (Wildman–Crippen MR) is 83.7 cm³/mol. The molecule has 20 heavy (non-hydrogen) atoms. The van der Waals surface area contributed by atoms with Crippen molar-refractivity contribution in [2.45, 2.75) is 32.2 Å². The van der Waals surface area contributed by atoms with E-state index in [2.05, 4.69) is 54.7 Å². The summed E-state index contributed by atoms with van der Waals surface area (Å²) < 4.78 is 0. The van der Waals surface area contributed by atoms with Crippen LogP contribution >= 0.6 is 0 Å². The van der Waals surface area contributed by atoms with E-state index in [0.29, 0.717) is 18.1 Å². The molecule has 2 heteroatoms. The van der Waals surface area contributed by atoms with Crippen molar-refractivity contribution in [3.05, 3.63) is 48.0 Å². The van der Waals surface area contributed by atoms with Gasteiger partial charge in [-0.05, 0) is 47.9 Å². The second-order valence-corrected chi connectivity index (χ2v) is 6.14. The van der Waals surface area contributed by atoms with Crippen LogP contribution in [0.25, 0.3) is 10.8 Å². The van der Waals surface area contributed by atoms with Crippen LogP contribution in [0, 0.1) is 5.41 Å². The van der Waals surface area contributed by atoms with Gasteiger partial charge in [-0.1, -0.05) is 42.5 Å². The lowest BCUT2D eigenvalue weighted by Crippen LogP contribution is -2.27. The van der Waals surface area contributed by atoms with Crippen LogP contribution < -0.4 is 5.32 Å². The molecule has 0 saturated heterocycles. The lowest BCUT2D eigenvalue weighted by atomic mass is 9.98. The Morgan fingerprint density at radius 3 is 2.65 bits per heavy atom. The fourth-order valence-electron chi connectivity index (χ4n) is 3.04. The first-order valence-corrected chi connectivity index (χ1v) is 7.56. The Morgan fingerprint density at radius 2 is 1.90 bits per heavy atom. The van der Waals surface area contributed by atoms with Crippen molar-refractivity contribution in [2.24, 2.45) is 5.41 Å². The van der Waals surface area contributed by atoms with E-state index in [-0.39, 0.29) is 0 Å². The molecule has 106 valence electrons.